The first kappa shape index (κ1) is 17.8. The molecule has 1 saturated heterocycles. The van der Waals surface area contributed by atoms with Crippen LogP contribution in [0.4, 0.5) is 4.48 Å². The third kappa shape index (κ3) is 4.16. The first-order valence-corrected chi connectivity index (χ1v) is 8.83. The number of hydrogen-bond acceptors (Lipinski definition) is 4. The summed E-state index contributed by atoms with van der Waals surface area (Å²) in [7, 11) is 0. The monoisotopic (exact) mass is 348 g/mol. The van der Waals surface area contributed by atoms with Crippen LogP contribution in [0, 0.1) is 0 Å². The Bertz CT molecular complexity index is 639. The molecule has 7 heteroatoms. The lowest BCUT2D eigenvalue weighted by atomic mass is 9.99. The lowest BCUT2D eigenvalue weighted by Crippen LogP contribution is -2.44. The summed E-state index contributed by atoms with van der Waals surface area (Å²) in [5.41, 5.74) is 10.1. The number of hydrogen-bond donors (Lipinski definition) is 2. The zero-order chi connectivity index (χ0) is 17.8. The van der Waals surface area contributed by atoms with Crippen LogP contribution >= 0.6 is 0 Å². The van der Waals surface area contributed by atoms with Gasteiger partial charge >= 0.3 is 0 Å². The molecule has 0 radical (unpaired) electrons. The molecule has 0 spiro atoms. The molecule has 2 unspecified atom stereocenters. The van der Waals surface area contributed by atoms with Crippen molar-refractivity contribution in [2.45, 2.75) is 44.3 Å². The molecule has 1 fully saturated rings. The van der Waals surface area contributed by atoms with E-state index in [9.17, 15) is 14.1 Å². The Labute approximate surface area is 147 Å². The zero-order valence-corrected chi connectivity index (χ0v) is 14.3. The third-order valence-electron chi connectivity index (χ3n) is 5.12. The first-order valence-electron chi connectivity index (χ1n) is 8.83. The van der Waals surface area contributed by atoms with Crippen LogP contribution in [0.3, 0.4) is 0 Å². The number of carbonyl (C=O) groups is 2. The van der Waals surface area contributed by atoms with Crippen molar-refractivity contribution in [1.82, 2.24) is 15.3 Å². The lowest BCUT2D eigenvalue weighted by molar-refractivity contribution is -0.133. The maximum Gasteiger partial charge on any atom is 0.239 e. The number of amides is 2. The van der Waals surface area contributed by atoms with E-state index in [-0.39, 0.29) is 24.3 Å². The van der Waals surface area contributed by atoms with Crippen LogP contribution in [0.2, 0.25) is 0 Å². The molecule has 3 N–H and O–H groups in total. The molecule has 2 heterocycles. The van der Waals surface area contributed by atoms with Crippen molar-refractivity contribution < 1.29 is 14.1 Å². The molecule has 2 amide bonds. The maximum atomic E-state index is 12.4. The number of fused-ring (bicyclic) bond motifs is 1. The zero-order valence-electron chi connectivity index (χ0n) is 14.3. The van der Waals surface area contributed by atoms with Gasteiger partial charge in [0, 0.05) is 32.6 Å². The molecule has 136 valence electrons. The lowest BCUT2D eigenvalue weighted by Gasteiger charge is -2.29. The fourth-order valence-electron chi connectivity index (χ4n) is 3.55. The Morgan fingerprint density at radius 2 is 2.00 bits per heavy atom. The summed E-state index contributed by atoms with van der Waals surface area (Å²) in [6.07, 6.45) is 2.02. The molecule has 6 nitrogen and oxygen atoms in total. The minimum absolute atomic E-state index is 0.0301. The Balaban J connectivity index is 1.47. The summed E-state index contributed by atoms with van der Waals surface area (Å²) in [6, 6.07) is 7.12. The number of rotatable bonds is 5. The smallest absolute Gasteiger partial charge is 0.239 e. The van der Waals surface area contributed by atoms with Crippen LogP contribution < -0.4 is 11.3 Å². The van der Waals surface area contributed by atoms with Gasteiger partial charge in [0.1, 0.15) is 0 Å². The Morgan fingerprint density at radius 1 is 1.24 bits per heavy atom. The van der Waals surface area contributed by atoms with Gasteiger partial charge in [-0.3, -0.25) is 9.59 Å². The standard InChI is InChI=1S/C18H25FN4O2/c19-21-15-8-10-23(12-15)18(25)16(20)5-6-17(24)22-9-7-13-3-1-2-4-14(13)11-22/h1-4,15-16,21H,5-12,20H2. The molecular formula is C18H25FN4O2. The second kappa shape index (κ2) is 7.93. The van der Waals surface area contributed by atoms with E-state index in [2.05, 4.69) is 6.07 Å². The SMILES string of the molecule is NC(CCC(=O)N1CCc2ccccc2C1)C(=O)N1CCC(NF)C1. The Kier molecular flexibility index (Phi) is 5.65. The van der Waals surface area contributed by atoms with Gasteiger partial charge in [-0.05, 0) is 30.4 Å². The van der Waals surface area contributed by atoms with Gasteiger partial charge in [-0.15, -0.1) is 4.48 Å². The van der Waals surface area contributed by atoms with Crippen LogP contribution in [0.5, 0.6) is 0 Å². The average molecular weight is 348 g/mol. The average Bonchev–Trinajstić information content (AvgIpc) is 3.14. The van der Waals surface area contributed by atoms with E-state index in [1.807, 2.05) is 23.1 Å². The van der Waals surface area contributed by atoms with Crippen molar-refractivity contribution >= 4 is 11.8 Å². The second-order valence-corrected chi connectivity index (χ2v) is 6.86. The summed E-state index contributed by atoms with van der Waals surface area (Å²) in [4.78, 5) is 28.1. The Morgan fingerprint density at radius 3 is 2.72 bits per heavy atom. The molecule has 0 aliphatic carbocycles. The summed E-state index contributed by atoms with van der Waals surface area (Å²) in [6.45, 7) is 2.16. The van der Waals surface area contributed by atoms with Gasteiger partial charge in [-0.1, -0.05) is 24.3 Å². The van der Waals surface area contributed by atoms with Crippen LogP contribution in [-0.4, -0.2) is 53.3 Å². The number of likely N-dealkylation sites (tertiary alicyclic amines) is 1. The van der Waals surface area contributed by atoms with E-state index in [1.165, 1.54) is 11.1 Å². The quantitative estimate of drug-likeness (QED) is 0.770. The minimum Gasteiger partial charge on any atom is -0.340 e. The molecule has 2 aliphatic heterocycles. The highest BCUT2D eigenvalue weighted by Gasteiger charge is 2.30. The van der Waals surface area contributed by atoms with Crippen LogP contribution in [0.1, 0.15) is 30.4 Å². The normalized spacial score (nSPS) is 21.1. The highest BCUT2D eigenvalue weighted by molar-refractivity contribution is 5.83. The van der Waals surface area contributed by atoms with E-state index in [1.54, 1.807) is 10.4 Å². The molecule has 1 aromatic rings. The van der Waals surface area contributed by atoms with Crippen LogP contribution in [0.25, 0.3) is 0 Å². The molecule has 0 saturated carbocycles. The second-order valence-electron chi connectivity index (χ2n) is 6.86. The number of halogens is 1. The molecule has 25 heavy (non-hydrogen) atoms. The van der Waals surface area contributed by atoms with Gasteiger partial charge in [0.05, 0.1) is 12.1 Å². The maximum absolute atomic E-state index is 12.4. The third-order valence-corrected chi connectivity index (χ3v) is 5.12. The fraction of sp³-hybridized carbons (Fsp3) is 0.556. The van der Waals surface area contributed by atoms with Crippen LogP contribution in [0.15, 0.2) is 24.3 Å². The number of nitrogens with one attached hydrogen (secondary N) is 1. The summed E-state index contributed by atoms with van der Waals surface area (Å²) < 4.78 is 12.4. The summed E-state index contributed by atoms with van der Waals surface area (Å²) in [5.74, 6) is -0.169. The van der Waals surface area contributed by atoms with Crippen molar-refractivity contribution in [2.24, 2.45) is 5.73 Å². The van der Waals surface area contributed by atoms with Gasteiger partial charge in [0.2, 0.25) is 11.8 Å². The number of benzene rings is 1. The predicted octanol–water partition coefficient (Wildman–Crippen LogP) is 0.754. The molecule has 0 bridgehead atoms. The number of nitrogens with two attached hydrogens (primary N) is 1. The van der Waals surface area contributed by atoms with Gasteiger partial charge in [0.15, 0.2) is 0 Å². The van der Waals surface area contributed by atoms with Crippen molar-refractivity contribution in [1.29, 1.82) is 0 Å². The van der Waals surface area contributed by atoms with E-state index in [0.29, 0.717) is 39.0 Å². The van der Waals surface area contributed by atoms with Crippen molar-refractivity contribution in [2.75, 3.05) is 19.6 Å². The van der Waals surface area contributed by atoms with Gasteiger partial charge in [0.25, 0.3) is 0 Å². The highest BCUT2D eigenvalue weighted by Crippen LogP contribution is 2.19. The molecule has 0 aromatic heterocycles. The van der Waals surface area contributed by atoms with E-state index >= 15 is 0 Å². The topological polar surface area (TPSA) is 78.7 Å². The largest absolute Gasteiger partial charge is 0.340 e. The van der Waals surface area contributed by atoms with Gasteiger partial charge < -0.3 is 15.5 Å². The first-order chi connectivity index (χ1) is 12.1. The molecule has 2 atom stereocenters. The van der Waals surface area contributed by atoms with Crippen molar-refractivity contribution in [3.8, 4) is 0 Å². The van der Waals surface area contributed by atoms with Crippen molar-refractivity contribution in [3.05, 3.63) is 35.4 Å². The fourth-order valence-corrected chi connectivity index (χ4v) is 3.55. The summed E-state index contributed by atoms with van der Waals surface area (Å²) >= 11 is 0. The van der Waals surface area contributed by atoms with Gasteiger partial charge in [-0.25, -0.2) is 0 Å². The Hall–Kier alpha value is -1.99. The van der Waals surface area contributed by atoms with Crippen LogP contribution in [-0.2, 0) is 22.6 Å². The number of nitrogens with zero attached hydrogens (tertiary/aromatic N) is 2. The van der Waals surface area contributed by atoms with E-state index in [4.69, 9.17) is 5.73 Å². The molecular weight excluding hydrogens is 323 g/mol. The van der Waals surface area contributed by atoms with Gasteiger partial charge in [-0.2, -0.15) is 5.54 Å². The van der Waals surface area contributed by atoms with Crippen molar-refractivity contribution in [3.63, 3.8) is 0 Å². The molecule has 2 aliphatic rings. The highest BCUT2D eigenvalue weighted by atomic mass is 19.2. The van der Waals surface area contributed by atoms with E-state index in [0.717, 1.165) is 6.42 Å². The molecule has 3 rings (SSSR count). The minimum atomic E-state index is -0.709. The predicted molar refractivity (Wildman–Crippen MR) is 92.0 cm³/mol. The molecule has 1 aromatic carbocycles. The van der Waals surface area contributed by atoms with E-state index < -0.39 is 6.04 Å². The number of carbonyl (C=O) groups excluding carboxylic acids is 2. The summed E-state index contributed by atoms with van der Waals surface area (Å²) in [5, 5.41) is 0.